The summed E-state index contributed by atoms with van der Waals surface area (Å²) in [6.07, 6.45) is 1.91. The van der Waals surface area contributed by atoms with Crippen LogP contribution in [0.2, 0.25) is 0 Å². The molecule has 3 aromatic carbocycles. The summed E-state index contributed by atoms with van der Waals surface area (Å²) < 4.78 is 6.93. The Labute approximate surface area is 166 Å². The van der Waals surface area contributed by atoms with Crippen LogP contribution in [0.1, 0.15) is 22.3 Å². The van der Waals surface area contributed by atoms with E-state index in [1.165, 1.54) is 5.56 Å². The van der Waals surface area contributed by atoms with E-state index in [2.05, 4.69) is 21.2 Å². The molecule has 4 heteroatoms. The smallest absolute Gasteiger partial charge is 0.256 e. The first-order valence-corrected chi connectivity index (χ1v) is 9.48. The van der Waals surface area contributed by atoms with Gasteiger partial charge in [-0.05, 0) is 67.4 Å². The Kier molecular flexibility index (Phi) is 4.58. The quantitative estimate of drug-likeness (QED) is 0.502. The van der Waals surface area contributed by atoms with Crippen LogP contribution in [0.25, 0.3) is 11.6 Å². The molecule has 0 spiro atoms. The molecule has 27 heavy (non-hydrogen) atoms. The second kappa shape index (κ2) is 7.05. The lowest BCUT2D eigenvalue weighted by molar-refractivity contribution is -0.110. The lowest BCUT2D eigenvalue weighted by Crippen LogP contribution is -2.03. The second-order valence-corrected chi connectivity index (χ2v) is 7.45. The molecule has 0 saturated carbocycles. The van der Waals surface area contributed by atoms with E-state index in [0.717, 1.165) is 38.3 Å². The van der Waals surface area contributed by atoms with E-state index in [9.17, 15) is 4.79 Å². The summed E-state index contributed by atoms with van der Waals surface area (Å²) in [5.41, 5.74) is 5.60. The van der Waals surface area contributed by atoms with Gasteiger partial charge in [-0.3, -0.25) is 4.79 Å². The molecule has 3 nitrogen and oxygen atoms in total. The van der Waals surface area contributed by atoms with Crippen LogP contribution >= 0.6 is 15.9 Å². The van der Waals surface area contributed by atoms with E-state index in [4.69, 9.17) is 4.74 Å². The number of carbonyl (C=O) groups excluding carboxylic acids is 1. The van der Waals surface area contributed by atoms with Gasteiger partial charge < -0.3 is 10.1 Å². The number of aryl methyl sites for hydroxylation is 1. The van der Waals surface area contributed by atoms with Gasteiger partial charge in [0.15, 0.2) is 0 Å². The highest BCUT2D eigenvalue weighted by atomic mass is 79.9. The summed E-state index contributed by atoms with van der Waals surface area (Å²) >= 11 is 3.55. The lowest BCUT2D eigenvalue weighted by atomic mass is 9.99. The Hall–Kier alpha value is -2.85. The van der Waals surface area contributed by atoms with Gasteiger partial charge in [-0.15, -0.1) is 0 Å². The zero-order valence-corrected chi connectivity index (χ0v) is 16.6. The average Bonchev–Trinajstić information content (AvgIpc) is 2.97. The number of rotatable bonds is 3. The van der Waals surface area contributed by atoms with Gasteiger partial charge in [-0.25, -0.2) is 0 Å². The van der Waals surface area contributed by atoms with Crippen LogP contribution in [0.15, 0.2) is 65.1 Å². The normalized spacial score (nSPS) is 14.2. The van der Waals surface area contributed by atoms with Crippen molar-refractivity contribution in [2.75, 3.05) is 5.32 Å². The number of amides is 1. The Morgan fingerprint density at radius 3 is 2.52 bits per heavy atom. The molecular formula is C23H18BrNO2. The summed E-state index contributed by atoms with van der Waals surface area (Å²) in [5, 5.41) is 2.94. The van der Waals surface area contributed by atoms with Crippen molar-refractivity contribution in [2.24, 2.45) is 0 Å². The monoisotopic (exact) mass is 419 g/mol. The maximum atomic E-state index is 12.5. The highest BCUT2D eigenvalue weighted by molar-refractivity contribution is 9.10. The van der Waals surface area contributed by atoms with Crippen LogP contribution in [0, 0.1) is 13.8 Å². The van der Waals surface area contributed by atoms with Crippen molar-refractivity contribution < 1.29 is 9.53 Å². The van der Waals surface area contributed by atoms with E-state index in [1.54, 1.807) is 0 Å². The lowest BCUT2D eigenvalue weighted by Gasteiger charge is -2.08. The third-order valence-corrected chi connectivity index (χ3v) is 5.45. The molecule has 0 radical (unpaired) electrons. The highest BCUT2D eigenvalue weighted by Gasteiger charge is 2.26. The maximum absolute atomic E-state index is 12.5. The first-order chi connectivity index (χ1) is 13.0. The molecule has 1 heterocycles. The number of halogens is 1. The number of carbonyl (C=O) groups is 1. The number of nitrogens with one attached hydrogen (secondary N) is 1. The molecule has 1 N–H and O–H groups in total. The molecule has 0 unspecified atom stereocenters. The second-order valence-electron chi connectivity index (χ2n) is 6.59. The number of fused-ring (bicyclic) bond motifs is 1. The molecule has 0 atom stereocenters. The van der Waals surface area contributed by atoms with E-state index in [-0.39, 0.29) is 5.91 Å². The third-order valence-electron chi connectivity index (χ3n) is 4.59. The number of benzene rings is 3. The SMILES string of the molecule is Cc1ccc(Oc2cccc(C=C3C(=O)Nc4ccc(Br)c(C)c43)c2)cc1. The van der Waals surface area contributed by atoms with Crippen molar-refractivity contribution in [1.82, 2.24) is 0 Å². The van der Waals surface area contributed by atoms with E-state index in [0.29, 0.717) is 5.57 Å². The molecule has 0 fully saturated rings. The molecule has 1 aliphatic heterocycles. The summed E-state index contributed by atoms with van der Waals surface area (Å²) in [6.45, 7) is 4.05. The van der Waals surface area contributed by atoms with Crippen molar-refractivity contribution >= 4 is 39.2 Å². The zero-order valence-electron chi connectivity index (χ0n) is 15.0. The molecule has 3 aromatic rings. The Balaban J connectivity index is 1.68. The minimum absolute atomic E-state index is 0.0870. The maximum Gasteiger partial charge on any atom is 0.256 e. The van der Waals surface area contributed by atoms with Crippen LogP contribution in [0.3, 0.4) is 0 Å². The average molecular weight is 420 g/mol. The molecule has 1 aliphatic rings. The van der Waals surface area contributed by atoms with Gasteiger partial charge in [-0.2, -0.15) is 0 Å². The number of hydrogen-bond acceptors (Lipinski definition) is 2. The van der Waals surface area contributed by atoms with Crippen LogP contribution in [0.4, 0.5) is 5.69 Å². The summed E-state index contributed by atoms with van der Waals surface area (Å²) in [7, 11) is 0. The van der Waals surface area contributed by atoms with Crippen molar-refractivity contribution in [3.8, 4) is 11.5 Å². The summed E-state index contributed by atoms with van der Waals surface area (Å²) in [5.74, 6) is 1.43. The van der Waals surface area contributed by atoms with Gasteiger partial charge in [0.25, 0.3) is 5.91 Å². The molecule has 4 rings (SSSR count). The Bertz CT molecular complexity index is 1070. The standard InChI is InChI=1S/C23H18BrNO2/c1-14-6-8-17(9-7-14)27-18-5-3-4-16(12-18)13-19-22-15(2)20(24)10-11-21(22)25-23(19)26/h3-13H,1-2H3,(H,25,26). The van der Waals surface area contributed by atoms with Crippen molar-refractivity contribution in [1.29, 1.82) is 0 Å². The molecule has 0 saturated heterocycles. The van der Waals surface area contributed by atoms with Gasteiger partial charge in [0.2, 0.25) is 0 Å². The van der Waals surface area contributed by atoms with E-state index < -0.39 is 0 Å². The zero-order chi connectivity index (χ0) is 19.0. The molecule has 0 aliphatic carbocycles. The predicted octanol–water partition coefficient (Wildman–Crippen LogP) is 6.35. The Morgan fingerprint density at radius 1 is 0.963 bits per heavy atom. The molecule has 1 amide bonds. The number of hydrogen-bond donors (Lipinski definition) is 1. The van der Waals surface area contributed by atoms with Crippen molar-refractivity contribution in [3.05, 3.63) is 87.4 Å². The fraction of sp³-hybridized carbons (Fsp3) is 0.0870. The largest absolute Gasteiger partial charge is 0.457 e. The molecule has 134 valence electrons. The molecule has 0 aromatic heterocycles. The molecular weight excluding hydrogens is 402 g/mol. The first-order valence-electron chi connectivity index (χ1n) is 8.68. The number of anilines is 1. The topological polar surface area (TPSA) is 38.3 Å². The molecule has 0 bridgehead atoms. The van der Waals surface area contributed by atoms with Crippen LogP contribution in [0.5, 0.6) is 11.5 Å². The number of ether oxygens (including phenoxy) is 1. The summed E-state index contributed by atoms with van der Waals surface area (Å²) in [6, 6.07) is 19.5. The van der Waals surface area contributed by atoms with Gasteiger partial charge in [0, 0.05) is 21.3 Å². The van der Waals surface area contributed by atoms with E-state index >= 15 is 0 Å². The fourth-order valence-corrected chi connectivity index (χ4v) is 3.49. The van der Waals surface area contributed by atoms with Crippen LogP contribution in [-0.4, -0.2) is 5.91 Å². The third kappa shape index (κ3) is 3.53. The van der Waals surface area contributed by atoms with Gasteiger partial charge in [0.05, 0.1) is 0 Å². The minimum Gasteiger partial charge on any atom is -0.457 e. The van der Waals surface area contributed by atoms with Crippen molar-refractivity contribution in [2.45, 2.75) is 13.8 Å². The van der Waals surface area contributed by atoms with Crippen LogP contribution < -0.4 is 10.1 Å². The van der Waals surface area contributed by atoms with Gasteiger partial charge in [0.1, 0.15) is 11.5 Å². The van der Waals surface area contributed by atoms with Gasteiger partial charge >= 0.3 is 0 Å². The van der Waals surface area contributed by atoms with E-state index in [1.807, 2.05) is 80.6 Å². The predicted molar refractivity (Wildman–Crippen MR) is 113 cm³/mol. The highest BCUT2D eigenvalue weighted by Crippen LogP contribution is 2.38. The van der Waals surface area contributed by atoms with Crippen LogP contribution in [-0.2, 0) is 4.79 Å². The van der Waals surface area contributed by atoms with Gasteiger partial charge in [-0.1, -0.05) is 45.8 Å². The fourth-order valence-electron chi connectivity index (χ4n) is 3.16. The van der Waals surface area contributed by atoms with Crippen molar-refractivity contribution in [3.63, 3.8) is 0 Å². The summed E-state index contributed by atoms with van der Waals surface area (Å²) in [4.78, 5) is 12.5. The Morgan fingerprint density at radius 2 is 1.74 bits per heavy atom. The first kappa shape index (κ1) is 17.6. The minimum atomic E-state index is -0.0870.